The van der Waals surface area contributed by atoms with Crippen LogP contribution in [0.4, 0.5) is 0 Å². The Morgan fingerprint density at radius 1 is 1.36 bits per heavy atom. The number of pyridine rings is 1. The van der Waals surface area contributed by atoms with Crippen molar-refractivity contribution < 1.29 is 9.32 Å². The Kier molecular flexibility index (Phi) is 6.14. The van der Waals surface area contributed by atoms with E-state index < -0.39 is 0 Å². The van der Waals surface area contributed by atoms with Crippen molar-refractivity contribution in [3.8, 4) is 11.4 Å². The summed E-state index contributed by atoms with van der Waals surface area (Å²) in [5.41, 5.74) is 0.810. The van der Waals surface area contributed by atoms with Crippen molar-refractivity contribution in [2.45, 2.75) is 64.3 Å². The molecule has 6 nitrogen and oxygen atoms in total. The third-order valence-electron chi connectivity index (χ3n) is 4.96. The molecule has 1 fully saturated rings. The van der Waals surface area contributed by atoms with Gasteiger partial charge in [-0.15, -0.1) is 0 Å². The molecule has 3 rings (SSSR count). The Balaban J connectivity index is 1.49. The first-order chi connectivity index (χ1) is 12.3. The van der Waals surface area contributed by atoms with Gasteiger partial charge < -0.3 is 9.84 Å². The number of nitrogens with zero attached hydrogens (tertiary/aromatic N) is 3. The molecule has 1 aliphatic carbocycles. The van der Waals surface area contributed by atoms with Crippen LogP contribution >= 0.6 is 0 Å². The molecule has 2 aromatic rings. The lowest BCUT2D eigenvalue weighted by molar-refractivity contribution is -0.122. The van der Waals surface area contributed by atoms with E-state index in [0.29, 0.717) is 36.5 Å². The van der Waals surface area contributed by atoms with Crippen molar-refractivity contribution in [1.29, 1.82) is 0 Å². The van der Waals surface area contributed by atoms with Crippen LogP contribution in [0.3, 0.4) is 0 Å². The maximum atomic E-state index is 12.3. The highest BCUT2D eigenvalue weighted by atomic mass is 16.5. The molecule has 0 aliphatic heterocycles. The molecule has 1 atom stereocenters. The zero-order valence-corrected chi connectivity index (χ0v) is 14.8. The van der Waals surface area contributed by atoms with Gasteiger partial charge in [0.25, 0.3) is 0 Å². The summed E-state index contributed by atoms with van der Waals surface area (Å²) in [7, 11) is 0. The van der Waals surface area contributed by atoms with Gasteiger partial charge in [-0.2, -0.15) is 4.98 Å². The first-order valence-electron chi connectivity index (χ1n) is 9.28. The van der Waals surface area contributed by atoms with Crippen LogP contribution in [0.25, 0.3) is 11.4 Å². The predicted octanol–water partition coefficient (Wildman–Crippen LogP) is 3.54. The molecule has 1 saturated carbocycles. The Hall–Kier alpha value is -2.24. The SMILES string of the molecule is CC[C@H](NC(=O)CCc1nc(-c2cccnc2)no1)C1CCCCC1. The van der Waals surface area contributed by atoms with Crippen molar-refractivity contribution in [2.75, 3.05) is 0 Å². The molecule has 25 heavy (non-hydrogen) atoms. The number of aryl methyl sites for hydroxylation is 1. The first-order valence-corrected chi connectivity index (χ1v) is 9.28. The van der Waals surface area contributed by atoms with Gasteiger partial charge in [-0.05, 0) is 37.3 Å². The van der Waals surface area contributed by atoms with Crippen LogP contribution in [-0.2, 0) is 11.2 Å². The van der Waals surface area contributed by atoms with Crippen molar-refractivity contribution in [3.63, 3.8) is 0 Å². The maximum Gasteiger partial charge on any atom is 0.227 e. The van der Waals surface area contributed by atoms with Gasteiger partial charge in [0.1, 0.15) is 0 Å². The van der Waals surface area contributed by atoms with E-state index in [1.807, 2.05) is 12.1 Å². The second kappa shape index (κ2) is 8.74. The van der Waals surface area contributed by atoms with Gasteiger partial charge in [0.05, 0.1) is 0 Å². The van der Waals surface area contributed by atoms with Crippen LogP contribution in [0, 0.1) is 5.92 Å². The fourth-order valence-electron chi connectivity index (χ4n) is 3.56. The predicted molar refractivity (Wildman–Crippen MR) is 94.6 cm³/mol. The molecule has 0 spiro atoms. The molecule has 0 unspecified atom stereocenters. The number of nitrogens with one attached hydrogen (secondary N) is 1. The van der Waals surface area contributed by atoms with Crippen molar-refractivity contribution in [2.24, 2.45) is 5.92 Å². The van der Waals surface area contributed by atoms with Crippen molar-refractivity contribution in [1.82, 2.24) is 20.4 Å². The molecule has 2 aromatic heterocycles. The Bertz CT molecular complexity index is 665. The van der Waals surface area contributed by atoms with Gasteiger partial charge in [0.2, 0.25) is 17.6 Å². The highest BCUT2D eigenvalue weighted by Gasteiger charge is 2.23. The lowest BCUT2D eigenvalue weighted by atomic mass is 9.83. The van der Waals surface area contributed by atoms with E-state index in [-0.39, 0.29) is 5.91 Å². The van der Waals surface area contributed by atoms with Gasteiger partial charge in [0.15, 0.2) is 0 Å². The molecule has 2 heterocycles. The number of amides is 1. The van der Waals surface area contributed by atoms with E-state index in [1.165, 1.54) is 32.1 Å². The standard InChI is InChI=1S/C19H26N4O2/c1-2-16(14-7-4-3-5-8-14)21-17(24)10-11-18-22-19(23-25-18)15-9-6-12-20-13-15/h6,9,12-14,16H,2-5,7-8,10-11H2,1H3,(H,21,24)/t16-/m0/s1. The number of carbonyl (C=O) groups excluding carboxylic acids is 1. The number of carbonyl (C=O) groups is 1. The molecular weight excluding hydrogens is 316 g/mol. The number of hydrogen-bond acceptors (Lipinski definition) is 5. The average molecular weight is 342 g/mol. The lowest BCUT2D eigenvalue weighted by Crippen LogP contribution is -2.40. The monoisotopic (exact) mass is 342 g/mol. The third kappa shape index (κ3) is 4.87. The van der Waals surface area contributed by atoms with Gasteiger partial charge in [-0.1, -0.05) is 31.3 Å². The molecule has 0 aromatic carbocycles. The van der Waals surface area contributed by atoms with Crippen LogP contribution < -0.4 is 5.32 Å². The first kappa shape index (κ1) is 17.6. The maximum absolute atomic E-state index is 12.3. The molecule has 1 aliphatic rings. The third-order valence-corrected chi connectivity index (χ3v) is 4.96. The zero-order chi connectivity index (χ0) is 17.5. The molecule has 134 valence electrons. The average Bonchev–Trinajstić information content (AvgIpc) is 3.15. The molecule has 0 radical (unpaired) electrons. The van der Waals surface area contributed by atoms with Crippen molar-refractivity contribution >= 4 is 5.91 Å². The normalized spacial score (nSPS) is 16.5. The summed E-state index contributed by atoms with van der Waals surface area (Å²) in [6.45, 7) is 2.15. The highest BCUT2D eigenvalue weighted by molar-refractivity contribution is 5.76. The summed E-state index contributed by atoms with van der Waals surface area (Å²) in [5, 5.41) is 7.16. The highest BCUT2D eigenvalue weighted by Crippen LogP contribution is 2.27. The summed E-state index contributed by atoms with van der Waals surface area (Å²) < 4.78 is 5.25. The van der Waals surface area contributed by atoms with E-state index in [4.69, 9.17) is 4.52 Å². The van der Waals surface area contributed by atoms with E-state index >= 15 is 0 Å². The summed E-state index contributed by atoms with van der Waals surface area (Å²) >= 11 is 0. The Morgan fingerprint density at radius 2 is 2.20 bits per heavy atom. The topological polar surface area (TPSA) is 80.9 Å². The lowest BCUT2D eigenvalue weighted by Gasteiger charge is -2.30. The van der Waals surface area contributed by atoms with Crippen LogP contribution in [0.15, 0.2) is 29.0 Å². The molecule has 0 saturated heterocycles. The van der Waals surface area contributed by atoms with Crippen LogP contribution in [0.5, 0.6) is 0 Å². The van der Waals surface area contributed by atoms with Gasteiger partial charge in [-0.25, -0.2) is 0 Å². The summed E-state index contributed by atoms with van der Waals surface area (Å²) in [6.07, 6.45) is 11.6. The minimum Gasteiger partial charge on any atom is -0.353 e. The Labute approximate surface area is 148 Å². The van der Waals surface area contributed by atoms with E-state index in [9.17, 15) is 4.79 Å². The minimum absolute atomic E-state index is 0.0681. The molecule has 1 amide bonds. The van der Waals surface area contributed by atoms with E-state index in [1.54, 1.807) is 12.4 Å². The molecule has 6 heteroatoms. The van der Waals surface area contributed by atoms with E-state index in [2.05, 4.69) is 27.4 Å². The van der Waals surface area contributed by atoms with E-state index in [0.717, 1.165) is 12.0 Å². The summed E-state index contributed by atoms with van der Waals surface area (Å²) in [4.78, 5) is 20.7. The Morgan fingerprint density at radius 3 is 2.92 bits per heavy atom. The fourth-order valence-corrected chi connectivity index (χ4v) is 3.56. The van der Waals surface area contributed by atoms with Crippen LogP contribution in [0.2, 0.25) is 0 Å². The quantitative estimate of drug-likeness (QED) is 0.832. The summed E-state index contributed by atoms with van der Waals surface area (Å²) in [5.74, 6) is 1.69. The smallest absolute Gasteiger partial charge is 0.227 e. The minimum atomic E-state index is 0.0681. The van der Waals surface area contributed by atoms with Crippen LogP contribution in [-0.4, -0.2) is 27.1 Å². The second-order valence-electron chi connectivity index (χ2n) is 6.73. The van der Waals surface area contributed by atoms with Crippen molar-refractivity contribution in [3.05, 3.63) is 30.4 Å². The number of aromatic nitrogens is 3. The second-order valence-corrected chi connectivity index (χ2v) is 6.73. The zero-order valence-electron chi connectivity index (χ0n) is 14.8. The summed E-state index contributed by atoms with van der Waals surface area (Å²) in [6, 6.07) is 4.00. The molecule has 1 N–H and O–H groups in total. The molecule has 0 bridgehead atoms. The van der Waals surface area contributed by atoms with Gasteiger partial charge in [-0.3, -0.25) is 9.78 Å². The fraction of sp³-hybridized carbons (Fsp3) is 0.579. The molecular formula is C19H26N4O2. The van der Waals surface area contributed by atoms with Gasteiger partial charge >= 0.3 is 0 Å². The number of hydrogen-bond donors (Lipinski definition) is 1. The largest absolute Gasteiger partial charge is 0.353 e. The number of rotatable bonds is 7. The van der Waals surface area contributed by atoms with Gasteiger partial charge in [0, 0.05) is 36.8 Å². The van der Waals surface area contributed by atoms with Crippen LogP contribution in [0.1, 0.15) is 57.8 Å².